The molecule has 66 valence electrons. The Kier molecular flexibility index (Phi) is 1.88. The molecule has 0 radical (unpaired) electrons. The molecule has 2 rings (SSSR count). The van der Waals surface area contributed by atoms with Gasteiger partial charge in [-0.2, -0.15) is 0 Å². The van der Waals surface area contributed by atoms with Crippen molar-refractivity contribution in [3.05, 3.63) is 39.1 Å². The number of aromatic amines is 1. The second-order valence-corrected chi connectivity index (χ2v) is 3.27. The van der Waals surface area contributed by atoms with E-state index in [2.05, 4.69) is 25.9 Å². The number of rotatable bonds is 0. The molecular formula is C8H4BrFN2O. The average Bonchev–Trinajstić information content (AvgIpc) is 2.02. The zero-order chi connectivity index (χ0) is 9.42. The molecule has 0 amide bonds. The van der Waals surface area contributed by atoms with Crippen molar-refractivity contribution in [3.63, 3.8) is 0 Å². The lowest BCUT2D eigenvalue weighted by Crippen LogP contribution is -2.07. The summed E-state index contributed by atoms with van der Waals surface area (Å²) in [6, 6.07) is 3.85. The molecule has 0 aliphatic rings. The van der Waals surface area contributed by atoms with Crippen LogP contribution in [0.3, 0.4) is 0 Å². The molecule has 0 bridgehead atoms. The van der Waals surface area contributed by atoms with Gasteiger partial charge < -0.3 is 4.98 Å². The van der Waals surface area contributed by atoms with Crippen LogP contribution in [0.1, 0.15) is 0 Å². The Bertz CT molecular complexity index is 518. The van der Waals surface area contributed by atoms with Crippen LogP contribution in [0, 0.1) is 5.82 Å². The molecule has 0 saturated carbocycles. The van der Waals surface area contributed by atoms with Crippen molar-refractivity contribution in [2.24, 2.45) is 0 Å². The van der Waals surface area contributed by atoms with E-state index >= 15 is 0 Å². The van der Waals surface area contributed by atoms with Crippen LogP contribution in [0.5, 0.6) is 0 Å². The molecule has 2 aromatic rings. The van der Waals surface area contributed by atoms with E-state index in [1.807, 2.05) is 0 Å². The number of fused-ring (bicyclic) bond motifs is 1. The number of hydrogen-bond donors (Lipinski definition) is 1. The van der Waals surface area contributed by atoms with Crippen LogP contribution in [-0.4, -0.2) is 9.97 Å². The second kappa shape index (κ2) is 2.92. The lowest BCUT2D eigenvalue weighted by molar-refractivity contribution is 0.629. The summed E-state index contributed by atoms with van der Waals surface area (Å²) in [5.41, 5.74) is 0.0625. The summed E-state index contributed by atoms with van der Waals surface area (Å²) in [5, 5.41) is 0.379. The predicted molar refractivity (Wildman–Crippen MR) is 50.0 cm³/mol. The number of nitrogens with zero attached hydrogens (tertiary/aromatic N) is 1. The molecule has 5 heteroatoms. The Hall–Kier alpha value is -1.23. The van der Waals surface area contributed by atoms with Gasteiger partial charge in [-0.3, -0.25) is 4.79 Å². The van der Waals surface area contributed by atoms with Crippen LogP contribution in [0.2, 0.25) is 0 Å². The number of hydrogen-bond acceptors (Lipinski definition) is 2. The van der Waals surface area contributed by atoms with Gasteiger partial charge in [-0.25, -0.2) is 9.37 Å². The zero-order valence-electron chi connectivity index (χ0n) is 6.34. The third-order valence-electron chi connectivity index (χ3n) is 1.64. The van der Waals surface area contributed by atoms with E-state index in [9.17, 15) is 9.18 Å². The SMILES string of the molecule is O=c1[nH]c(Br)nc2cc(F)ccc12. The van der Waals surface area contributed by atoms with E-state index in [0.717, 1.165) is 0 Å². The van der Waals surface area contributed by atoms with Gasteiger partial charge in [0.2, 0.25) is 0 Å². The first-order valence-electron chi connectivity index (χ1n) is 3.52. The Morgan fingerprint density at radius 2 is 2.23 bits per heavy atom. The van der Waals surface area contributed by atoms with Gasteiger partial charge in [-0.15, -0.1) is 0 Å². The van der Waals surface area contributed by atoms with Gasteiger partial charge in [0.15, 0.2) is 4.73 Å². The number of benzene rings is 1. The summed E-state index contributed by atoms with van der Waals surface area (Å²) in [7, 11) is 0. The fourth-order valence-corrected chi connectivity index (χ4v) is 1.46. The summed E-state index contributed by atoms with van der Waals surface area (Å²) in [6.45, 7) is 0. The monoisotopic (exact) mass is 242 g/mol. The highest BCUT2D eigenvalue weighted by Crippen LogP contribution is 2.10. The van der Waals surface area contributed by atoms with E-state index < -0.39 is 5.82 Å². The van der Waals surface area contributed by atoms with Gasteiger partial charge in [0.1, 0.15) is 5.82 Å². The lowest BCUT2D eigenvalue weighted by atomic mass is 10.2. The molecule has 0 spiro atoms. The van der Waals surface area contributed by atoms with Crippen LogP contribution < -0.4 is 5.56 Å². The maximum Gasteiger partial charge on any atom is 0.259 e. The highest BCUT2D eigenvalue weighted by atomic mass is 79.9. The van der Waals surface area contributed by atoms with E-state index in [1.54, 1.807) is 0 Å². The molecule has 1 aromatic heterocycles. The van der Waals surface area contributed by atoms with Crippen molar-refractivity contribution in [2.75, 3.05) is 0 Å². The van der Waals surface area contributed by atoms with E-state index in [0.29, 0.717) is 15.6 Å². The first kappa shape index (κ1) is 8.37. The standard InChI is InChI=1S/C8H4BrFN2O/c9-8-11-6-3-4(10)1-2-5(6)7(13)12-8/h1-3H,(H,11,12,13). The maximum absolute atomic E-state index is 12.7. The minimum atomic E-state index is -0.405. The van der Waals surface area contributed by atoms with Crippen LogP contribution >= 0.6 is 15.9 Å². The topological polar surface area (TPSA) is 45.8 Å². The summed E-state index contributed by atoms with van der Waals surface area (Å²) < 4.78 is 13.0. The number of aromatic nitrogens is 2. The molecule has 0 fully saturated rings. The first-order valence-corrected chi connectivity index (χ1v) is 4.31. The van der Waals surface area contributed by atoms with Gasteiger partial charge in [0.05, 0.1) is 10.9 Å². The molecule has 0 unspecified atom stereocenters. The Morgan fingerprint density at radius 1 is 1.46 bits per heavy atom. The molecule has 0 saturated heterocycles. The van der Waals surface area contributed by atoms with Crippen LogP contribution in [0.25, 0.3) is 10.9 Å². The number of nitrogens with one attached hydrogen (secondary N) is 1. The summed E-state index contributed by atoms with van der Waals surface area (Å²) in [4.78, 5) is 17.6. The molecular weight excluding hydrogens is 239 g/mol. The third kappa shape index (κ3) is 1.47. The van der Waals surface area contributed by atoms with Crippen LogP contribution in [0.15, 0.2) is 27.7 Å². The van der Waals surface area contributed by atoms with Crippen molar-refractivity contribution in [3.8, 4) is 0 Å². The number of halogens is 2. The quantitative estimate of drug-likeness (QED) is 0.717. The van der Waals surface area contributed by atoms with E-state index in [-0.39, 0.29) is 5.56 Å². The lowest BCUT2D eigenvalue weighted by Gasteiger charge is -1.96. The molecule has 0 aliphatic carbocycles. The van der Waals surface area contributed by atoms with Gasteiger partial charge in [-0.1, -0.05) is 0 Å². The molecule has 1 N–H and O–H groups in total. The predicted octanol–water partition coefficient (Wildman–Crippen LogP) is 1.82. The van der Waals surface area contributed by atoms with Crippen molar-refractivity contribution in [1.82, 2.24) is 9.97 Å². The minimum absolute atomic E-state index is 0.281. The molecule has 13 heavy (non-hydrogen) atoms. The Balaban J connectivity index is 2.95. The Morgan fingerprint density at radius 3 is 3.00 bits per heavy atom. The molecule has 3 nitrogen and oxygen atoms in total. The summed E-state index contributed by atoms with van der Waals surface area (Å²) >= 11 is 3.02. The smallest absolute Gasteiger partial charge is 0.259 e. The average molecular weight is 243 g/mol. The summed E-state index contributed by atoms with van der Waals surface area (Å²) in [5.74, 6) is -0.405. The normalized spacial score (nSPS) is 10.6. The highest BCUT2D eigenvalue weighted by Gasteiger charge is 2.02. The Labute approximate surface area is 80.7 Å². The van der Waals surface area contributed by atoms with Crippen LogP contribution in [0.4, 0.5) is 4.39 Å². The van der Waals surface area contributed by atoms with Gasteiger partial charge in [0.25, 0.3) is 5.56 Å². The molecule has 1 heterocycles. The first-order chi connectivity index (χ1) is 6.16. The fourth-order valence-electron chi connectivity index (χ4n) is 1.08. The molecule has 0 aliphatic heterocycles. The van der Waals surface area contributed by atoms with Crippen molar-refractivity contribution in [1.29, 1.82) is 0 Å². The third-order valence-corrected chi connectivity index (χ3v) is 2.02. The number of H-pyrrole nitrogens is 1. The summed E-state index contributed by atoms with van der Waals surface area (Å²) in [6.07, 6.45) is 0. The van der Waals surface area contributed by atoms with E-state index in [1.165, 1.54) is 18.2 Å². The van der Waals surface area contributed by atoms with Gasteiger partial charge in [-0.05, 0) is 28.1 Å². The largest absolute Gasteiger partial charge is 0.301 e. The fraction of sp³-hybridized carbons (Fsp3) is 0. The van der Waals surface area contributed by atoms with Crippen molar-refractivity contribution >= 4 is 26.8 Å². The molecule has 0 atom stereocenters. The van der Waals surface area contributed by atoms with Gasteiger partial charge >= 0.3 is 0 Å². The van der Waals surface area contributed by atoms with Crippen LogP contribution in [-0.2, 0) is 0 Å². The van der Waals surface area contributed by atoms with Crippen molar-refractivity contribution < 1.29 is 4.39 Å². The van der Waals surface area contributed by atoms with E-state index in [4.69, 9.17) is 0 Å². The maximum atomic E-state index is 12.7. The van der Waals surface area contributed by atoms with Gasteiger partial charge in [0, 0.05) is 6.07 Å². The molecule has 1 aromatic carbocycles. The highest BCUT2D eigenvalue weighted by molar-refractivity contribution is 9.10. The zero-order valence-corrected chi connectivity index (χ0v) is 7.93. The van der Waals surface area contributed by atoms with Crippen molar-refractivity contribution in [2.45, 2.75) is 0 Å². The second-order valence-electron chi connectivity index (χ2n) is 2.52. The minimum Gasteiger partial charge on any atom is -0.301 e.